The number of hydrogen-bond donors (Lipinski definition) is 1. The van der Waals surface area contributed by atoms with Gasteiger partial charge in [0.1, 0.15) is 11.3 Å². The molecule has 1 N–H and O–H groups in total. The number of fused-ring (bicyclic) bond motifs is 2. The number of hydrogen-bond acceptors (Lipinski definition) is 5. The highest BCUT2D eigenvalue weighted by Crippen LogP contribution is 2.31. The standard InChI is InChI=1S/C21H20N6O2/c28-19(11-13-27-21(29)14-6-1-2-7-15(14)24-25-27)26-12-5-10-18(26)20-22-16-8-3-4-9-17(16)23-20/h1-4,6-9,18H,5,10-13H2,(H,22,23)/t18-/m0/s1. The van der Waals surface area contributed by atoms with Crippen molar-refractivity contribution in [2.45, 2.75) is 31.8 Å². The smallest absolute Gasteiger partial charge is 0.277 e. The number of nitrogens with one attached hydrogen (secondary N) is 1. The molecule has 1 saturated heterocycles. The number of likely N-dealkylation sites (tertiary alicyclic amines) is 1. The summed E-state index contributed by atoms with van der Waals surface area (Å²) in [7, 11) is 0. The van der Waals surface area contributed by atoms with E-state index in [1.165, 1.54) is 4.68 Å². The zero-order chi connectivity index (χ0) is 19.8. The Morgan fingerprint density at radius 3 is 2.76 bits per heavy atom. The lowest BCUT2D eigenvalue weighted by molar-refractivity contribution is -0.132. The second-order valence-corrected chi connectivity index (χ2v) is 7.27. The van der Waals surface area contributed by atoms with E-state index >= 15 is 0 Å². The van der Waals surface area contributed by atoms with Crippen LogP contribution in [0.2, 0.25) is 0 Å². The molecule has 8 nitrogen and oxygen atoms in total. The minimum atomic E-state index is -0.223. The third kappa shape index (κ3) is 3.16. The molecule has 0 spiro atoms. The van der Waals surface area contributed by atoms with Gasteiger partial charge in [0.05, 0.1) is 29.0 Å². The van der Waals surface area contributed by atoms with Gasteiger partial charge in [-0.05, 0) is 37.1 Å². The van der Waals surface area contributed by atoms with E-state index in [9.17, 15) is 9.59 Å². The minimum Gasteiger partial charge on any atom is -0.340 e. The molecule has 1 amide bonds. The number of carbonyl (C=O) groups is 1. The quantitative estimate of drug-likeness (QED) is 0.579. The summed E-state index contributed by atoms with van der Waals surface area (Å²) < 4.78 is 1.27. The number of rotatable bonds is 4. The van der Waals surface area contributed by atoms with Gasteiger partial charge in [0.25, 0.3) is 5.56 Å². The molecule has 0 aliphatic carbocycles. The number of aromatic amines is 1. The van der Waals surface area contributed by atoms with Crippen LogP contribution in [0.3, 0.4) is 0 Å². The maximum atomic E-state index is 12.9. The van der Waals surface area contributed by atoms with Crippen LogP contribution in [0.5, 0.6) is 0 Å². The van der Waals surface area contributed by atoms with Crippen LogP contribution in [-0.2, 0) is 11.3 Å². The number of imidazole rings is 1. The lowest BCUT2D eigenvalue weighted by Gasteiger charge is -2.23. The maximum Gasteiger partial charge on any atom is 0.277 e. The van der Waals surface area contributed by atoms with Gasteiger partial charge in [0, 0.05) is 13.0 Å². The fourth-order valence-corrected chi connectivity index (χ4v) is 3.99. The summed E-state index contributed by atoms with van der Waals surface area (Å²) in [6.45, 7) is 0.900. The number of aromatic nitrogens is 5. The van der Waals surface area contributed by atoms with Crippen molar-refractivity contribution in [1.29, 1.82) is 0 Å². The predicted octanol–water partition coefficient (Wildman–Crippen LogP) is 2.42. The number of para-hydroxylation sites is 2. The van der Waals surface area contributed by atoms with Crippen LogP contribution in [-0.4, -0.2) is 42.3 Å². The van der Waals surface area contributed by atoms with Gasteiger partial charge in [0.2, 0.25) is 5.91 Å². The molecule has 1 aliphatic rings. The van der Waals surface area contributed by atoms with Gasteiger partial charge in [-0.15, -0.1) is 5.10 Å². The van der Waals surface area contributed by atoms with Gasteiger partial charge in [-0.2, -0.15) is 0 Å². The molecule has 2 aromatic heterocycles. The molecule has 2 aromatic carbocycles. The van der Waals surface area contributed by atoms with E-state index in [-0.39, 0.29) is 30.5 Å². The lowest BCUT2D eigenvalue weighted by atomic mass is 10.2. The molecule has 29 heavy (non-hydrogen) atoms. The van der Waals surface area contributed by atoms with Crippen LogP contribution in [0, 0.1) is 0 Å². The van der Waals surface area contributed by atoms with Crippen molar-refractivity contribution in [3.05, 3.63) is 64.7 Å². The number of amides is 1. The third-order valence-electron chi connectivity index (χ3n) is 5.46. The number of nitrogens with zero attached hydrogens (tertiary/aromatic N) is 5. The largest absolute Gasteiger partial charge is 0.340 e. The second kappa shape index (κ2) is 7.12. The summed E-state index contributed by atoms with van der Waals surface area (Å²) in [5, 5.41) is 8.56. The van der Waals surface area contributed by atoms with Crippen LogP contribution in [0.4, 0.5) is 0 Å². The van der Waals surface area contributed by atoms with E-state index < -0.39 is 0 Å². The summed E-state index contributed by atoms with van der Waals surface area (Å²) in [6, 6.07) is 14.9. The van der Waals surface area contributed by atoms with E-state index in [0.29, 0.717) is 17.4 Å². The Kier molecular flexibility index (Phi) is 4.31. The average molecular weight is 388 g/mol. The lowest BCUT2D eigenvalue weighted by Crippen LogP contribution is -2.33. The molecule has 0 unspecified atom stereocenters. The van der Waals surface area contributed by atoms with Gasteiger partial charge in [-0.25, -0.2) is 9.67 Å². The fourth-order valence-electron chi connectivity index (χ4n) is 3.99. The highest BCUT2D eigenvalue weighted by Gasteiger charge is 2.31. The summed E-state index contributed by atoms with van der Waals surface area (Å²) in [5.41, 5.74) is 2.21. The van der Waals surface area contributed by atoms with Crippen molar-refractivity contribution >= 4 is 27.8 Å². The van der Waals surface area contributed by atoms with Gasteiger partial charge in [-0.3, -0.25) is 9.59 Å². The van der Waals surface area contributed by atoms with Crippen molar-refractivity contribution in [3.8, 4) is 0 Å². The molecule has 4 aromatic rings. The predicted molar refractivity (Wildman–Crippen MR) is 108 cm³/mol. The van der Waals surface area contributed by atoms with E-state index in [1.54, 1.807) is 18.2 Å². The topological polar surface area (TPSA) is 96.8 Å². The van der Waals surface area contributed by atoms with Crippen LogP contribution in [0.15, 0.2) is 53.3 Å². The van der Waals surface area contributed by atoms with Crippen molar-refractivity contribution in [2.24, 2.45) is 0 Å². The molecular formula is C21H20N6O2. The van der Waals surface area contributed by atoms with E-state index in [1.807, 2.05) is 35.2 Å². The van der Waals surface area contributed by atoms with Gasteiger partial charge in [-0.1, -0.05) is 29.5 Å². The molecule has 5 rings (SSSR count). The van der Waals surface area contributed by atoms with Crippen molar-refractivity contribution in [2.75, 3.05) is 6.54 Å². The first-order valence-electron chi connectivity index (χ1n) is 9.77. The zero-order valence-electron chi connectivity index (χ0n) is 15.8. The van der Waals surface area contributed by atoms with Crippen molar-refractivity contribution in [3.63, 3.8) is 0 Å². The van der Waals surface area contributed by atoms with E-state index in [4.69, 9.17) is 0 Å². The molecule has 0 bridgehead atoms. The molecule has 146 valence electrons. The first-order valence-corrected chi connectivity index (χ1v) is 9.77. The van der Waals surface area contributed by atoms with Gasteiger partial charge >= 0.3 is 0 Å². The van der Waals surface area contributed by atoms with Crippen LogP contribution < -0.4 is 5.56 Å². The summed E-state index contributed by atoms with van der Waals surface area (Å²) in [4.78, 5) is 35.3. The Balaban J connectivity index is 1.34. The Bertz CT molecular complexity index is 1230. The summed E-state index contributed by atoms with van der Waals surface area (Å²) in [6.07, 6.45) is 2.01. The number of benzene rings is 2. The summed E-state index contributed by atoms with van der Waals surface area (Å²) >= 11 is 0. The van der Waals surface area contributed by atoms with Crippen LogP contribution >= 0.6 is 0 Å². The van der Waals surface area contributed by atoms with Crippen molar-refractivity contribution in [1.82, 2.24) is 29.9 Å². The van der Waals surface area contributed by atoms with Gasteiger partial charge < -0.3 is 9.88 Å². The fraction of sp³-hybridized carbons (Fsp3) is 0.286. The number of carbonyl (C=O) groups excluding carboxylic acids is 1. The van der Waals surface area contributed by atoms with Crippen LogP contribution in [0.1, 0.15) is 31.1 Å². The number of H-pyrrole nitrogens is 1. The number of aryl methyl sites for hydroxylation is 1. The van der Waals surface area contributed by atoms with Crippen molar-refractivity contribution < 1.29 is 4.79 Å². The first-order chi connectivity index (χ1) is 14.2. The first kappa shape index (κ1) is 17.5. The Hall–Kier alpha value is -3.55. The molecule has 1 aliphatic heterocycles. The average Bonchev–Trinajstić information content (AvgIpc) is 3.40. The highest BCUT2D eigenvalue weighted by atomic mass is 16.2. The molecule has 3 heterocycles. The normalized spacial score (nSPS) is 16.7. The van der Waals surface area contributed by atoms with E-state index in [2.05, 4.69) is 20.3 Å². The summed E-state index contributed by atoms with van der Waals surface area (Å²) in [5.74, 6) is 0.814. The molecule has 0 radical (unpaired) electrons. The molecule has 1 fully saturated rings. The molecule has 8 heteroatoms. The van der Waals surface area contributed by atoms with Crippen LogP contribution in [0.25, 0.3) is 21.9 Å². The Morgan fingerprint density at radius 1 is 1.10 bits per heavy atom. The van der Waals surface area contributed by atoms with E-state index in [0.717, 1.165) is 29.7 Å². The SMILES string of the molecule is O=C(CCn1nnc2ccccc2c1=O)N1CCC[C@H]1c1nc2ccccc2[nH]1. The molecule has 1 atom stereocenters. The monoisotopic (exact) mass is 388 g/mol. The van der Waals surface area contributed by atoms with Gasteiger partial charge in [0.15, 0.2) is 0 Å². The zero-order valence-corrected chi connectivity index (χ0v) is 15.8. The Morgan fingerprint density at radius 2 is 1.90 bits per heavy atom. The Labute approximate surface area is 166 Å². The third-order valence-corrected chi connectivity index (χ3v) is 5.46. The highest BCUT2D eigenvalue weighted by molar-refractivity contribution is 5.78. The molecule has 0 saturated carbocycles. The second-order valence-electron chi connectivity index (χ2n) is 7.27. The maximum absolute atomic E-state index is 12.9. The molecular weight excluding hydrogens is 368 g/mol. The minimum absolute atomic E-state index is 0.00480.